The van der Waals surface area contributed by atoms with Crippen LogP contribution in [0.3, 0.4) is 0 Å². The lowest BCUT2D eigenvalue weighted by Crippen LogP contribution is -2.40. The Bertz CT molecular complexity index is 690. The SMILES string of the molecule is CC(C)COc1cccc(C(=O)N2CCn3cccc3C2C)c1. The quantitative estimate of drug-likeness (QED) is 0.862. The molecule has 0 radical (unpaired) electrons. The fraction of sp³-hybridized carbons (Fsp3) is 0.421. The minimum Gasteiger partial charge on any atom is -0.493 e. The molecule has 2 heterocycles. The molecule has 1 aromatic carbocycles. The topological polar surface area (TPSA) is 34.5 Å². The maximum atomic E-state index is 12.9. The molecule has 23 heavy (non-hydrogen) atoms. The molecule has 3 rings (SSSR count). The number of fused-ring (bicyclic) bond motifs is 1. The molecule has 4 nitrogen and oxygen atoms in total. The lowest BCUT2D eigenvalue weighted by molar-refractivity contribution is 0.0643. The number of aromatic nitrogens is 1. The van der Waals surface area contributed by atoms with Gasteiger partial charge in [0.2, 0.25) is 0 Å². The van der Waals surface area contributed by atoms with Crippen molar-refractivity contribution in [1.29, 1.82) is 0 Å². The third-order valence-electron chi connectivity index (χ3n) is 4.27. The van der Waals surface area contributed by atoms with E-state index in [1.54, 1.807) is 0 Å². The molecule has 0 spiro atoms. The Morgan fingerprint density at radius 2 is 2.09 bits per heavy atom. The molecule has 1 amide bonds. The van der Waals surface area contributed by atoms with Crippen molar-refractivity contribution in [2.75, 3.05) is 13.2 Å². The molecule has 1 aromatic heterocycles. The van der Waals surface area contributed by atoms with Gasteiger partial charge in [0.15, 0.2) is 0 Å². The van der Waals surface area contributed by atoms with E-state index in [0.29, 0.717) is 18.1 Å². The van der Waals surface area contributed by atoms with Crippen LogP contribution in [0.15, 0.2) is 42.6 Å². The van der Waals surface area contributed by atoms with E-state index in [1.807, 2.05) is 35.2 Å². The van der Waals surface area contributed by atoms with Crippen LogP contribution in [0.4, 0.5) is 0 Å². The first-order valence-electron chi connectivity index (χ1n) is 8.25. The third-order valence-corrected chi connectivity index (χ3v) is 4.27. The molecule has 1 unspecified atom stereocenters. The van der Waals surface area contributed by atoms with Gasteiger partial charge in [0.1, 0.15) is 5.75 Å². The van der Waals surface area contributed by atoms with Gasteiger partial charge in [-0.05, 0) is 43.2 Å². The summed E-state index contributed by atoms with van der Waals surface area (Å²) >= 11 is 0. The van der Waals surface area contributed by atoms with E-state index in [-0.39, 0.29) is 11.9 Å². The average molecular weight is 312 g/mol. The molecule has 4 heteroatoms. The Kier molecular flexibility index (Phi) is 4.42. The van der Waals surface area contributed by atoms with Gasteiger partial charge < -0.3 is 14.2 Å². The Balaban J connectivity index is 1.77. The summed E-state index contributed by atoms with van der Waals surface area (Å²) in [5, 5.41) is 0. The largest absolute Gasteiger partial charge is 0.493 e. The summed E-state index contributed by atoms with van der Waals surface area (Å²) in [6.07, 6.45) is 2.08. The summed E-state index contributed by atoms with van der Waals surface area (Å²) in [5.74, 6) is 1.29. The Hall–Kier alpha value is -2.23. The smallest absolute Gasteiger partial charge is 0.254 e. The number of hydrogen-bond acceptors (Lipinski definition) is 2. The molecule has 0 bridgehead atoms. The standard InChI is InChI=1S/C19H24N2O2/c1-14(2)13-23-17-7-4-6-16(12-17)19(22)21-11-10-20-9-5-8-18(20)15(21)3/h4-9,12,14-15H,10-11,13H2,1-3H3. The average Bonchev–Trinajstić information content (AvgIpc) is 3.02. The van der Waals surface area contributed by atoms with Gasteiger partial charge in [-0.1, -0.05) is 19.9 Å². The molecule has 0 aliphatic carbocycles. The molecule has 0 saturated carbocycles. The fourth-order valence-electron chi connectivity index (χ4n) is 3.00. The Morgan fingerprint density at radius 3 is 2.87 bits per heavy atom. The zero-order valence-electron chi connectivity index (χ0n) is 14.0. The molecular formula is C19H24N2O2. The first-order valence-corrected chi connectivity index (χ1v) is 8.25. The van der Waals surface area contributed by atoms with Crippen molar-refractivity contribution in [1.82, 2.24) is 9.47 Å². The van der Waals surface area contributed by atoms with E-state index in [4.69, 9.17) is 4.74 Å². The number of ether oxygens (including phenoxy) is 1. The van der Waals surface area contributed by atoms with Crippen LogP contribution in [-0.4, -0.2) is 28.5 Å². The van der Waals surface area contributed by atoms with E-state index < -0.39 is 0 Å². The molecule has 1 aliphatic rings. The van der Waals surface area contributed by atoms with Crippen molar-refractivity contribution < 1.29 is 9.53 Å². The zero-order valence-corrected chi connectivity index (χ0v) is 14.0. The summed E-state index contributed by atoms with van der Waals surface area (Å²) in [6, 6.07) is 11.7. The number of nitrogens with zero attached hydrogens (tertiary/aromatic N) is 2. The highest BCUT2D eigenvalue weighted by Crippen LogP contribution is 2.27. The van der Waals surface area contributed by atoms with Crippen molar-refractivity contribution in [3.05, 3.63) is 53.9 Å². The van der Waals surface area contributed by atoms with E-state index in [1.165, 1.54) is 5.69 Å². The van der Waals surface area contributed by atoms with Gasteiger partial charge >= 0.3 is 0 Å². The van der Waals surface area contributed by atoms with Crippen LogP contribution in [0, 0.1) is 5.92 Å². The van der Waals surface area contributed by atoms with Crippen molar-refractivity contribution in [3.8, 4) is 5.75 Å². The Morgan fingerprint density at radius 1 is 1.26 bits per heavy atom. The van der Waals surface area contributed by atoms with Gasteiger partial charge in [0.25, 0.3) is 5.91 Å². The maximum Gasteiger partial charge on any atom is 0.254 e. The molecule has 122 valence electrons. The number of amides is 1. The second-order valence-electron chi connectivity index (χ2n) is 6.53. The van der Waals surface area contributed by atoms with E-state index >= 15 is 0 Å². The summed E-state index contributed by atoms with van der Waals surface area (Å²) in [6.45, 7) is 8.55. The van der Waals surface area contributed by atoms with E-state index in [9.17, 15) is 4.79 Å². The van der Waals surface area contributed by atoms with Crippen LogP contribution in [-0.2, 0) is 6.54 Å². The number of hydrogen-bond donors (Lipinski definition) is 0. The third kappa shape index (κ3) is 3.26. The summed E-state index contributed by atoms with van der Waals surface area (Å²) < 4.78 is 7.96. The number of carbonyl (C=O) groups excluding carboxylic acids is 1. The minimum absolute atomic E-state index is 0.0694. The minimum atomic E-state index is 0.0694. The van der Waals surface area contributed by atoms with Crippen LogP contribution < -0.4 is 4.74 Å². The number of carbonyl (C=O) groups is 1. The van der Waals surface area contributed by atoms with Crippen LogP contribution in [0.1, 0.15) is 42.9 Å². The van der Waals surface area contributed by atoms with Crippen molar-refractivity contribution in [2.45, 2.75) is 33.4 Å². The summed E-state index contributed by atoms with van der Waals surface area (Å²) in [5.41, 5.74) is 1.88. The second kappa shape index (κ2) is 6.49. The van der Waals surface area contributed by atoms with Gasteiger partial charge in [-0.15, -0.1) is 0 Å². The number of benzene rings is 1. The van der Waals surface area contributed by atoms with Crippen LogP contribution >= 0.6 is 0 Å². The van der Waals surface area contributed by atoms with Crippen LogP contribution in [0.5, 0.6) is 5.75 Å². The second-order valence-corrected chi connectivity index (χ2v) is 6.53. The maximum absolute atomic E-state index is 12.9. The highest BCUT2D eigenvalue weighted by molar-refractivity contribution is 5.95. The lowest BCUT2D eigenvalue weighted by atomic mass is 10.1. The summed E-state index contributed by atoms with van der Waals surface area (Å²) in [7, 11) is 0. The molecule has 1 aliphatic heterocycles. The monoisotopic (exact) mass is 312 g/mol. The van der Waals surface area contributed by atoms with Crippen molar-refractivity contribution in [3.63, 3.8) is 0 Å². The van der Waals surface area contributed by atoms with E-state index in [0.717, 1.165) is 18.8 Å². The molecule has 2 aromatic rings. The first kappa shape index (κ1) is 15.7. The van der Waals surface area contributed by atoms with Crippen LogP contribution in [0.25, 0.3) is 0 Å². The zero-order chi connectivity index (χ0) is 16.4. The van der Waals surface area contributed by atoms with E-state index in [2.05, 4.69) is 37.6 Å². The Labute approximate surface area is 137 Å². The highest BCUT2D eigenvalue weighted by Gasteiger charge is 2.28. The predicted octanol–water partition coefficient (Wildman–Crippen LogP) is 3.74. The molecule has 1 atom stereocenters. The normalized spacial score (nSPS) is 17.2. The van der Waals surface area contributed by atoms with Gasteiger partial charge in [-0.3, -0.25) is 4.79 Å². The first-order chi connectivity index (χ1) is 11.1. The fourth-order valence-corrected chi connectivity index (χ4v) is 3.00. The van der Waals surface area contributed by atoms with Gasteiger partial charge in [0, 0.05) is 30.5 Å². The van der Waals surface area contributed by atoms with Gasteiger partial charge in [0.05, 0.1) is 12.6 Å². The molecular weight excluding hydrogens is 288 g/mol. The predicted molar refractivity (Wildman–Crippen MR) is 90.7 cm³/mol. The molecule has 0 fully saturated rings. The van der Waals surface area contributed by atoms with Gasteiger partial charge in [-0.2, -0.15) is 0 Å². The van der Waals surface area contributed by atoms with Crippen molar-refractivity contribution >= 4 is 5.91 Å². The van der Waals surface area contributed by atoms with Crippen LogP contribution in [0.2, 0.25) is 0 Å². The highest BCUT2D eigenvalue weighted by atomic mass is 16.5. The molecule has 0 saturated heterocycles. The lowest BCUT2D eigenvalue weighted by Gasteiger charge is -2.35. The van der Waals surface area contributed by atoms with Crippen molar-refractivity contribution in [2.24, 2.45) is 5.92 Å². The summed E-state index contributed by atoms with van der Waals surface area (Å²) in [4.78, 5) is 14.8. The number of rotatable bonds is 4. The van der Waals surface area contributed by atoms with Gasteiger partial charge in [-0.25, -0.2) is 0 Å². The molecule has 0 N–H and O–H groups in total.